The van der Waals surface area contributed by atoms with E-state index in [1.165, 1.54) is 27.4 Å². The Morgan fingerprint density at radius 1 is 1.17 bits per heavy atom. The van der Waals surface area contributed by atoms with E-state index in [2.05, 4.69) is 51.3 Å². The van der Waals surface area contributed by atoms with E-state index >= 15 is 0 Å². The molecule has 23 heavy (non-hydrogen) atoms. The second kappa shape index (κ2) is 6.26. The zero-order valence-electron chi connectivity index (χ0n) is 13.2. The number of H-pyrrole nitrogens is 1. The fourth-order valence-electron chi connectivity index (χ4n) is 3.20. The molecular weight excluding hydrogens is 304 g/mol. The van der Waals surface area contributed by atoms with Crippen molar-refractivity contribution in [2.75, 3.05) is 13.1 Å². The molecule has 0 spiro atoms. The van der Waals surface area contributed by atoms with Gasteiger partial charge in [0.1, 0.15) is 0 Å². The minimum Gasteiger partial charge on any atom is -0.297 e. The van der Waals surface area contributed by atoms with Crippen LogP contribution in [0.15, 0.2) is 35.8 Å². The van der Waals surface area contributed by atoms with Gasteiger partial charge in [0, 0.05) is 47.8 Å². The first kappa shape index (κ1) is 14.6. The molecule has 1 aliphatic rings. The van der Waals surface area contributed by atoms with E-state index in [4.69, 9.17) is 0 Å². The highest BCUT2D eigenvalue weighted by atomic mass is 32.1. The lowest BCUT2D eigenvalue weighted by Gasteiger charge is -2.19. The summed E-state index contributed by atoms with van der Waals surface area (Å²) < 4.78 is 0. The Morgan fingerprint density at radius 2 is 2.00 bits per heavy atom. The maximum Gasteiger partial charge on any atom is 0.0955 e. The second-order valence-electron chi connectivity index (χ2n) is 6.03. The molecular formula is C18H20N4S. The number of nitrogens with zero attached hydrogens (tertiary/aromatic N) is 3. The molecule has 0 fully saturated rings. The highest BCUT2D eigenvalue weighted by molar-refractivity contribution is 7.09. The zero-order chi connectivity index (χ0) is 15.6. The molecule has 0 amide bonds. The van der Waals surface area contributed by atoms with Crippen molar-refractivity contribution in [2.45, 2.75) is 26.3 Å². The molecule has 0 saturated heterocycles. The molecule has 0 bridgehead atoms. The van der Waals surface area contributed by atoms with Crippen molar-refractivity contribution in [3.8, 4) is 11.3 Å². The first-order valence-electron chi connectivity index (χ1n) is 8.04. The van der Waals surface area contributed by atoms with Gasteiger partial charge < -0.3 is 0 Å². The molecule has 1 aliphatic heterocycles. The van der Waals surface area contributed by atoms with E-state index in [0.717, 1.165) is 38.2 Å². The predicted molar refractivity (Wildman–Crippen MR) is 93.6 cm³/mol. The molecule has 0 atom stereocenters. The Balaban J connectivity index is 1.53. The third-order valence-corrected chi connectivity index (χ3v) is 5.49. The van der Waals surface area contributed by atoms with Gasteiger partial charge in [-0.2, -0.15) is 5.10 Å². The normalized spacial score (nSPS) is 15.3. The summed E-state index contributed by atoms with van der Waals surface area (Å²) in [5, 5.41) is 7.84. The quantitative estimate of drug-likeness (QED) is 0.802. The van der Waals surface area contributed by atoms with Gasteiger partial charge in [0.25, 0.3) is 0 Å². The van der Waals surface area contributed by atoms with Crippen molar-refractivity contribution in [2.24, 2.45) is 0 Å². The third kappa shape index (κ3) is 2.94. The monoisotopic (exact) mass is 324 g/mol. The van der Waals surface area contributed by atoms with Crippen LogP contribution >= 0.6 is 11.3 Å². The van der Waals surface area contributed by atoms with Gasteiger partial charge in [-0.25, -0.2) is 4.98 Å². The first-order valence-corrected chi connectivity index (χ1v) is 8.92. The third-order valence-electron chi connectivity index (χ3n) is 4.57. The molecule has 5 heteroatoms. The van der Waals surface area contributed by atoms with Crippen LogP contribution in [0, 0.1) is 6.92 Å². The molecule has 3 heterocycles. The van der Waals surface area contributed by atoms with Gasteiger partial charge in [0.05, 0.1) is 16.9 Å². The van der Waals surface area contributed by atoms with Crippen molar-refractivity contribution in [3.05, 3.63) is 57.7 Å². The summed E-state index contributed by atoms with van der Waals surface area (Å²) in [5.41, 5.74) is 8.13. The Hall–Kier alpha value is -1.98. The van der Waals surface area contributed by atoms with E-state index in [1.807, 2.05) is 11.6 Å². The number of hydrogen-bond acceptors (Lipinski definition) is 4. The number of hydrogen-bond donors (Lipinski definition) is 1. The number of rotatable bonds is 3. The van der Waals surface area contributed by atoms with Crippen LogP contribution in [0.2, 0.25) is 0 Å². The van der Waals surface area contributed by atoms with E-state index in [1.54, 1.807) is 11.3 Å². The van der Waals surface area contributed by atoms with Gasteiger partial charge in [0.15, 0.2) is 0 Å². The van der Waals surface area contributed by atoms with Crippen LogP contribution in [0.1, 0.15) is 21.8 Å². The van der Waals surface area contributed by atoms with Crippen molar-refractivity contribution in [1.82, 2.24) is 20.1 Å². The predicted octanol–water partition coefficient (Wildman–Crippen LogP) is 3.44. The van der Waals surface area contributed by atoms with Crippen LogP contribution in [0.3, 0.4) is 0 Å². The highest BCUT2D eigenvalue weighted by Gasteiger charge is 2.20. The Labute approximate surface area is 140 Å². The summed E-state index contributed by atoms with van der Waals surface area (Å²) in [7, 11) is 0. The second-order valence-corrected chi connectivity index (χ2v) is 6.97. The van der Waals surface area contributed by atoms with E-state index in [0.29, 0.717) is 0 Å². The molecule has 0 saturated carbocycles. The highest BCUT2D eigenvalue weighted by Crippen LogP contribution is 2.27. The van der Waals surface area contributed by atoms with E-state index in [9.17, 15) is 0 Å². The number of aromatic amines is 1. The number of benzene rings is 1. The van der Waals surface area contributed by atoms with Crippen LogP contribution in [0.4, 0.5) is 0 Å². The molecule has 2 aromatic heterocycles. The molecule has 0 unspecified atom stereocenters. The summed E-state index contributed by atoms with van der Waals surface area (Å²) in [6.07, 6.45) is 2.08. The summed E-state index contributed by atoms with van der Waals surface area (Å²) in [6.45, 7) is 5.25. The number of nitrogens with one attached hydrogen (secondary N) is 1. The molecule has 1 aromatic carbocycles. The van der Waals surface area contributed by atoms with Crippen LogP contribution < -0.4 is 0 Å². The smallest absolute Gasteiger partial charge is 0.0955 e. The van der Waals surface area contributed by atoms with Crippen LogP contribution in [0.25, 0.3) is 11.3 Å². The average Bonchev–Trinajstić information content (AvgIpc) is 3.11. The fourth-order valence-corrected chi connectivity index (χ4v) is 4.02. The molecule has 4 rings (SSSR count). The fraction of sp³-hybridized carbons (Fsp3) is 0.333. The maximum absolute atomic E-state index is 4.57. The molecule has 118 valence electrons. The van der Waals surface area contributed by atoms with E-state index in [-0.39, 0.29) is 0 Å². The molecule has 0 aliphatic carbocycles. The molecule has 0 radical (unpaired) electrons. The van der Waals surface area contributed by atoms with E-state index < -0.39 is 0 Å². The summed E-state index contributed by atoms with van der Waals surface area (Å²) in [4.78, 5) is 8.28. The van der Waals surface area contributed by atoms with Crippen molar-refractivity contribution in [3.63, 3.8) is 0 Å². The van der Waals surface area contributed by atoms with Crippen molar-refractivity contribution < 1.29 is 0 Å². The van der Waals surface area contributed by atoms with Crippen LogP contribution in [-0.4, -0.2) is 33.2 Å². The zero-order valence-corrected chi connectivity index (χ0v) is 14.1. The van der Waals surface area contributed by atoms with Gasteiger partial charge in [-0.1, -0.05) is 30.3 Å². The Morgan fingerprint density at radius 3 is 2.78 bits per heavy atom. The maximum atomic E-state index is 4.57. The minimum atomic E-state index is 1.01. The average molecular weight is 324 g/mol. The number of thiazole rings is 1. The lowest BCUT2D eigenvalue weighted by Crippen LogP contribution is -2.26. The van der Waals surface area contributed by atoms with Gasteiger partial charge in [-0.15, -0.1) is 11.3 Å². The first-order chi connectivity index (χ1) is 11.3. The van der Waals surface area contributed by atoms with Gasteiger partial charge in [0.2, 0.25) is 0 Å². The topological polar surface area (TPSA) is 44.8 Å². The summed E-state index contributed by atoms with van der Waals surface area (Å²) in [6, 6.07) is 10.5. The number of aryl methyl sites for hydroxylation is 1. The van der Waals surface area contributed by atoms with Gasteiger partial charge in [-0.05, 0) is 13.3 Å². The molecule has 4 nitrogen and oxygen atoms in total. The summed E-state index contributed by atoms with van der Waals surface area (Å²) in [5.74, 6) is 0. The van der Waals surface area contributed by atoms with Gasteiger partial charge >= 0.3 is 0 Å². The van der Waals surface area contributed by atoms with Crippen molar-refractivity contribution in [1.29, 1.82) is 0 Å². The number of fused-ring (bicyclic) bond motifs is 1. The SMILES string of the molecule is Cc1ncsc1CN1CCc2[nH]nc(-c3ccccc3)c2CC1. The van der Waals surface area contributed by atoms with Gasteiger partial charge in [-0.3, -0.25) is 10.00 Å². The summed E-state index contributed by atoms with van der Waals surface area (Å²) >= 11 is 1.76. The lowest BCUT2D eigenvalue weighted by atomic mass is 10.0. The van der Waals surface area contributed by atoms with Crippen molar-refractivity contribution >= 4 is 11.3 Å². The standard InChI is InChI=1S/C18H20N4S/c1-13-17(23-12-19-13)11-22-9-7-15-16(8-10-22)20-21-18(15)14-5-3-2-4-6-14/h2-6,12H,7-11H2,1H3,(H,20,21). The number of aromatic nitrogens is 3. The van der Waals surface area contributed by atoms with Crippen LogP contribution in [0.5, 0.6) is 0 Å². The molecule has 1 N–H and O–H groups in total. The van der Waals surface area contributed by atoms with Crippen LogP contribution in [-0.2, 0) is 19.4 Å². The molecule has 3 aromatic rings. The lowest BCUT2D eigenvalue weighted by molar-refractivity contribution is 0.280. The largest absolute Gasteiger partial charge is 0.297 e. The minimum absolute atomic E-state index is 1.01. The Bertz CT molecular complexity index is 790. The Kier molecular flexibility index (Phi) is 3.97.